The van der Waals surface area contributed by atoms with Gasteiger partial charge < -0.3 is 15.3 Å². The van der Waals surface area contributed by atoms with Gasteiger partial charge in [-0.25, -0.2) is 0 Å². The first kappa shape index (κ1) is 20.6. The summed E-state index contributed by atoms with van der Waals surface area (Å²) in [5, 5.41) is 42.2. The minimum Gasteiger partial charge on any atom is -0.395 e. The molecule has 0 aliphatic carbocycles. The molecule has 2 aromatic carbocycles. The van der Waals surface area contributed by atoms with Gasteiger partial charge >= 0.3 is 0 Å². The molecule has 3 N–H and O–H groups in total. The van der Waals surface area contributed by atoms with Gasteiger partial charge in [-0.3, -0.25) is 10.1 Å². The van der Waals surface area contributed by atoms with E-state index in [-0.39, 0.29) is 0 Å². The van der Waals surface area contributed by atoms with E-state index in [2.05, 4.69) is 0 Å². The van der Waals surface area contributed by atoms with Gasteiger partial charge in [-0.05, 0) is 35.4 Å². The molecule has 0 amide bonds. The van der Waals surface area contributed by atoms with Crippen molar-refractivity contribution in [2.24, 2.45) is 5.41 Å². The van der Waals surface area contributed by atoms with E-state index in [0.29, 0.717) is 21.2 Å². The first-order chi connectivity index (χ1) is 12.4. The summed E-state index contributed by atoms with van der Waals surface area (Å²) < 4.78 is 0. The van der Waals surface area contributed by atoms with Crippen LogP contribution in [0.3, 0.4) is 0 Å². The van der Waals surface area contributed by atoms with Gasteiger partial charge in [0.15, 0.2) is 0 Å². The Hall–Kier alpha value is -1.70. The van der Waals surface area contributed by atoms with Crippen molar-refractivity contribution in [1.29, 1.82) is 0 Å². The normalized spacial score (nSPS) is 13.0. The molecular weight excluding hydrogens is 381 g/mol. The highest BCUT2D eigenvalue weighted by molar-refractivity contribution is 6.30. The van der Waals surface area contributed by atoms with Gasteiger partial charge in [0.05, 0.1) is 25.7 Å². The van der Waals surface area contributed by atoms with Crippen LogP contribution in [0.5, 0.6) is 0 Å². The van der Waals surface area contributed by atoms with Gasteiger partial charge in [-0.15, -0.1) is 0 Å². The average Bonchev–Trinajstić information content (AvgIpc) is 2.64. The van der Waals surface area contributed by atoms with Crippen LogP contribution >= 0.6 is 23.2 Å². The van der Waals surface area contributed by atoms with Gasteiger partial charge in [0.25, 0.3) is 0 Å². The number of benzene rings is 2. The quantitative estimate of drug-likeness (QED) is 0.467. The Balaban J connectivity index is 2.68. The fraction of sp³-hybridized carbons (Fsp3) is 0.333. The Morgan fingerprint density at radius 3 is 1.46 bits per heavy atom. The molecule has 8 heteroatoms. The summed E-state index contributed by atoms with van der Waals surface area (Å²) in [4.78, 5) is 11.4. The van der Waals surface area contributed by atoms with Crippen LogP contribution in [0.4, 0.5) is 0 Å². The smallest absolute Gasteiger partial charge is 0.236 e. The lowest BCUT2D eigenvalue weighted by atomic mass is 9.71. The van der Waals surface area contributed by atoms with E-state index in [1.807, 2.05) is 0 Å². The van der Waals surface area contributed by atoms with Gasteiger partial charge in [0, 0.05) is 15.0 Å². The van der Waals surface area contributed by atoms with Crippen molar-refractivity contribution in [1.82, 2.24) is 0 Å². The van der Waals surface area contributed by atoms with Crippen LogP contribution in [-0.2, 0) is 0 Å². The largest absolute Gasteiger partial charge is 0.395 e. The minimum atomic E-state index is -1.71. The van der Waals surface area contributed by atoms with Crippen LogP contribution < -0.4 is 0 Å². The van der Waals surface area contributed by atoms with Crippen LogP contribution in [0.25, 0.3) is 0 Å². The van der Waals surface area contributed by atoms with Crippen molar-refractivity contribution in [3.05, 3.63) is 79.8 Å². The fourth-order valence-electron chi connectivity index (χ4n) is 3.03. The number of nitro groups is 1. The third kappa shape index (κ3) is 4.16. The van der Waals surface area contributed by atoms with E-state index in [4.69, 9.17) is 23.2 Å². The SMILES string of the molecule is O=[N+]([O-])C(C(c1ccc(Cl)cc1)c1ccc(Cl)cc1)C(CO)(CO)CO. The zero-order valence-corrected chi connectivity index (χ0v) is 15.3. The van der Waals surface area contributed by atoms with E-state index < -0.39 is 42.1 Å². The van der Waals surface area contributed by atoms with Crippen molar-refractivity contribution in [2.45, 2.75) is 12.0 Å². The molecule has 0 heterocycles. The van der Waals surface area contributed by atoms with Gasteiger partial charge in [-0.1, -0.05) is 47.5 Å². The van der Waals surface area contributed by atoms with Crippen molar-refractivity contribution in [3.63, 3.8) is 0 Å². The Kier molecular flexibility index (Phi) is 6.97. The number of nitrogens with zero attached hydrogens (tertiary/aromatic N) is 1. The van der Waals surface area contributed by atoms with Gasteiger partial charge in [0.2, 0.25) is 6.04 Å². The first-order valence-electron chi connectivity index (χ1n) is 7.85. The molecule has 6 nitrogen and oxygen atoms in total. The molecule has 140 valence electrons. The Morgan fingerprint density at radius 2 is 1.19 bits per heavy atom. The molecule has 0 aromatic heterocycles. The molecule has 2 rings (SSSR count). The third-order valence-electron chi connectivity index (χ3n) is 4.57. The third-order valence-corrected chi connectivity index (χ3v) is 5.08. The maximum absolute atomic E-state index is 12.0. The molecule has 0 saturated heterocycles. The van der Waals surface area contributed by atoms with Crippen LogP contribution in [0.1, 0.15) is 17.0 Å². The summed E-state index contributed by atoms with van der Waals surface area (Å²) in [6.07, 6.45) is 0. The standard InChI is InChI=1S/C18H19Cl2NO5/c19-14-5-1-12(2-6-14)16(13-3-7-15(20)8-4-13)17(21(25)26)18(9-22,10-23)11-24/h1-8,16-17,22-24H,9-11H2. The highest BCUT2D eigenvalue weighted by Crippen LogP contribution is 2.39. The second-order valence-electron chi connectivity index (χ2n) is 6.15. The summed E-state index contributed by atoms with van der Waals surface area (Å²) in [6.45, 7) is -2.24. The molecule has 1 unspecified atom stereocenters. The molecule has 26 heavy (non-hydrogen) atoms. The molecule has 0 saturated carbocycles. The predicted octanol–water partition coefficient (Wildman–Crippen LogP) is 2.73. The molecule has 1 atom stereocenters. The number of rotatable bonds is 8. The fourth-order valence-corrected chi connectivity index (χ4v) is 3.28. The van der Waals surface area contributed by atoms with Crippen LogP contribution in [0.15, 0.2) is 48.5 Å². The molecule has 0 bridgehead atoms. The minimum absolute atomic E-state index is 0.471. The summed E-state index contributed by atoms with van der Waals surface area (Å²) >= 11 is 11.9. The zero-order valence-electron chi connectivity index (χ0n) is 13.8. The summed E-state index contributed by atoms with van der Waals surface area (Å²) in [7, 11) is 0. The van der Waals surface area contributed by atoms with Gasteiger partial charge in [0.1, 0.15) is 5.41 Å². The summed E-state index contributed by atoms with van der Waals surface area (Å²) in [5.74, 6) is -0.842. The number of aliphatic hydroxyl groups is 3. The lowest BCUT2D eigenvalue weighted by Crippen LogP contribution is -2.52. The second-order valence-corrected chi connectivity index (χ2v) is 7.02. The highest BCUT2D eigenvalue weighted by Gasteiger charge is 2.51. The maximum atomic E-state index is 12.0. The topological polar surface area (TPSA) is 104 Å². The molecular formula is C18H19Cl2NO5. The van der Waals surface area contributed by atoms with Crippen molar-refractivity contribution >= 4 is 23.2 Å². The number of aliphatic hydroxyl groups excluding tert-OH is 3. The van der Waals surface area contributed by atoms with Crippen LogP contribution in [-0.4, -0.2) is 46.1 Å². The van der Waals surface area contributed by atoms with E-state index in [9.17, 15) is 25.4 Å². The maximum Gasteiger partial charge on any atom is 0.236 e. The Labute approximate surface area is 160 Å². The van der Waals surface area contributed by atoms with Crippen molar-refractivity contribution in [2.75, 3.05) is 19.8 Å². The first-order valence-corrected chi connectivity index (χ1v) is 8.61. The van der Waals surface area contributed by atoms with E-state index in [1.165, 1.54) is 0 Å². The van der Waals surface area contributed by atoms with E-state index in [1.54, 1.807) is 48.5 Å². The average molecular weight is 400 g/mol. The monoisotopic (exact) mass is 399 g/mol. The Bertz CT molecular complexity index is 678. The summed E-state index contributed by atoms with van der Waals surface area (Å²) in [5.41, 5.74) is -0.579. The molecule has 2 aromatic rings. The van der Waals surface area contributed by atoms with Crippen molar-refractivity contribution in [3.8, 4) is 0 Å². The second kappa shape index (κ2) is 8.79. The molecule has 0 radical (unpaired) electrons. The van der Waals surface area contributed by atoms with Gasteiger partial charge in [-0.2, -0.15) is 0 Å². The molecule has 0 aliphatic rings. The van der Waals surface area contributed by atoms with Crippen LogP contribution in [0.2, 0.25) is 10.0 Å². The number of halogens is 2. The van der Waals surface area contributed by atoms with Crippen LogP contribution in [0, 0.1) is 15.5 Å². The highest BCUT2D eigenvalue weighted by atomic mass is 35.5. The summed E-state index contributed by atoms with van der Waals surface area (Å²) in [6, 6.07) is 11.5. The number of hydrogen-bond acceptors (Lipinski definition) is 5. The Morgan fingerprint density at radius 1 is 0.846 bits per heavy atom. The molecule has 0 fully saturated rings. The molecule has 0 aliphatic heterocycles. The van der Waals surface area contributed by atoms with E-state index >= 15 is 0 Å². The molecule has 0 spiro atoms. The zero-order chi connectivity index (χ0) is 19.3. The lowest BCUT2D eigenvalue weighted by Gasteiger charge is -2.35. The predicted molar refractivity (Wildman–Crippen MR) is 99.2 cm³/mol. The lowest BCUT2D eigenvalue weighted by molar-refractivity contribution is -0.549. The van der Waals surface area contributed by atoms with E-state index in [0.717, 1.165) is 0 Å². The number of hydrogen-bond donors (Lipinski definition) is 3. The van der Waals surface area contributed by atoms with Crippen molar-refractivity contribution < 1.29 is 20.2 Å².